The Kier molecular flexibility index (Phi) is 5.07. The Balaban J connectivity index is 1.26. The van der Waals surface area contributed by atoms with Gasteiger partial charge in [-0.3, -0.25) is 4.79 Å². The minimum atomic E-state index is -0.0242. The number of rotatable bonds is 3. The minimum absolute atomic E-state index is 0.0242. The van der Waals surface area contributed by atoms with E-state index in [9.17, 15) is 4.79 Å². The topological polar surface area (TPSA) is 67.8 Å². The van der Waals surface area contributed by atoms with Gasteiger partial charge in [-0.2, -0.15) is 0 Å². The molecule has 0 N–H and O–H groups in total. The molecule has 1 amide bonds. The molecule has 6 rings (SSSR count). The van der Waals surface area contributed by atoms with E-state index in [1.54, 1.807) is 11.3 Å². The maximum atomic E-state index is 13.3. The second-order valence-electron chi connectivity index (χ2n) is 7.97. The highest BCUT2D eigenvalue weighted by atomic mass is 32.1. The number of ether oxygens (including phenoxy) is 2. The second kappa shape index (κ2) is 8.37. The zero-order valence-corrected chi connectivity index (χ0v) is 18.8. The Bertz CT molecular complexity index is 1320. The van der Waals surface area contributed by atoms with E-state index < -0.39 is 0 Å². The zero-order valence-electron chi connectivity index (χ0n) is 17.9. The largest absolute Gasteiger partial charge is 0.486 e. The molecular formula is C25H22N4O3S. The molecule has 0 radical (unpaired) electrons. The fourth-order valence-corrected chi connectivity index (χ4v) is 5.01. The van der Waals surface area contributed by atoms with Crippen molar-refractivity contribution in [1.82, 2.24) is 14.9 Å². The van der Waals surface area contributed by atoms with Crippen LogP contribution in [0.25, 0.3) is 21.6 Å². The molecule has 0 saturated carbocycles. The normalized spacial score (nSPS) is 15.6. The maximum Gasteiger partial charge on any atom is 0.257 e. The number of piperazine rings is 1. The molecule has 1 saturated heterocycles. The smallest absolute Gasteiger partial charge is 0.257 e. The summed E-state index contributed by atoms with van der Waals surface area (Å²) in [6.45, 7) is 3.57. The van der Waals surface area contributed by atoms with Gasteiger partial charge in [0.15, 0.2) is 17.3 Å². The van der Waals surface area contributed by atoms with Crippen LogP contribution in [0.4, 0.5) is 5.82 Å². The Hall–Kier alpha value is -3.65. The number of aromatic nitrogens is 2. The fourth-order valence-electron chi connectivity index (χ4n) is 4.35. The summed E-state index contributed by atoms with van der Waals surface area (Å²) in [4.78, 5) is 28.2. The van der Waals surface area contributed by atoms with Crippen LogP contribution in [0, 0.1) is 0 Å². The number of hydrogen-bond donors (Lipinski definition) is 0. The van der Waals surface area contributed by atoms with Gasteiger partial charge in [-0.15, -0.1) is 11.3 Å². The third-order valence-electron chi connectivity index (χ3n) is 5.99. The van der Waals surface area contributed by atoms with Gasteiger partial charge in [-0.1, -0.05) is 24.3 Å². The molecular weight excluding hydrogens is 436 g/mol. The number of carbonyl (C=O) groups is 1. The lowest BCUT2D eigenvalue weighted by atomic mass is 10.1. The molecule has 0 unspecified atom stereocenters. The van der Waals surface area contributed by atoms with Crippen LogP contribution in [0.2, 0.25) is 0 Å². The van der Waals surface area contributed by atoms with Gasteiger partial charge < -0.3 is 19.3 Å². The Morgan fingerprint density at radius 3 is 2.58 bits per heavy atom. The molecule has 0 atom stereocenters. The van der Waals surface area contributed by atoms with Crippen molar-refractivity contribution in [2.45, 2.75) is 0 Å². The lowest BCUT2D eigenvalue weighted by Crippen LogP contribution is -2.49. The fraction of sp³-hybridized carbons (Fsp3) is 0.240. The first-order chi connectivity index (χ1) is 16.3. The van der Waals surface area contributed by atoms with Crippen molar-refractivity contribution in [3.63, 3.8) is 0 Å². The van der Waals surface area contributed by atoms with Crippen LogP contribution in [0.15, 0.2) is 60.0 Å². The molecule has 0 bridgehead atoms. The predicted octanol–water partition coefficient (Wildman–Crippen LogP) is 4.09. The van der Waals surface area contributed by atoms with Crippen LogP contribution >= 0.6 is 11.3 Å². The van der Waals surface area contributed by atoms with E-state index in [4.69, 9.17) is 19.4 Å². The van der Waals surface area contributed by atoms with Gasteiger partial charge in [-0.05, 0) is 35.7 Å². The van der Waals surface area contributed by atoms with E-state index in [0.717, 1.165) is 27.4 Å². The van der Waals surface area contributed by atoms with Crippen LogP contribution in [0.5, 0.6) is 11.5 Å². The van der Waals surface area contributed by atoms with Gasteiger partial charge >= 0.3 is 0 Å². The summed E-state index contributed by atoms with van der Waals surface area (Å²) in [5.41, 5.74) is 1.49. The van der Waals surface area contributed by atoms with Crippen molar-refractivity contribution in [2.24, 2.45) is 0 Å². The predicted molar refractivity (Wildman–Crippen MR) is 128 cm³/mol. The molecule has 2 aromatic heterocycles. The van der Waals surface area contributed by atoms with Gasteiger partial charge in [0, 0.05) is 31.6 Å². The van der Waals surface area contributed by atoms with Crippen LogP contribution in [-0.4, -0.2) is 60.2 Å². The van der Waals surface area contributed by atoms with E-state index in [1.807, 2.05) is 58.8 Å². The van der Waals surface area contributed by atoms with Crippen molar-refractivity contribution in [3.05, 3.63) is 65.5 Å². The first-order valence-corrected chi connectivity index (χ1v) is 11.9. The van der Waals surface area contributed by atoms with Crippen molar-refractivity contribution in [2.75, 3.05) is 44.3 Å². The van der Waals surface area contributed by atoms with Crippen molar-refractivity contribution >= 4 is 34.0 Å². The van der Waals surface area contributed by atoms with E-state index in [1.165, 1.54) is 0 Å². The van der Waals surface area contributed by atoms with Crippen LogP contribution in [0.3, 0.4) is 0 Å². The molecule has 2 aliphatic heterocycles. The lowest BCUT2D eigenvalue weighted by Gasteiger charge is -2.36. The number of anilines is 1. The quantitative estimate of drug-likeness (QED) is 0.461. The average Bonchev–Trinajstić information content (AvgIpc) is 3.43. The third-order valence-corrected chi connectivity index (χ3v) is 6.85. The molecule has 2 aromatic carbocycles. The van der Waals surface area contributed by atoms with Crippen molar-refractivity contribution in [1.29, 1.82) is 0 Å². The first-order valence-electron chi connectivity index (χ1n) is 11.0. The van der Waals surface area contributed by atoms with Gasteiger partial charge in [0.2, 0.25) is 0 Å². The molecule has 2 aliphatic rings. The van der Waals surface area contributed by atoms with E-state index in [-0.39, 0.29) is 5.91 Å². The highest BCUT2D eigenvalue weighted by Crippen LogP contribution is 2.35. The Morgan fingerprint density at radius 1 is 0.879 bits per heavy atom. The molecule has 4 aromatic rings. The molecule has 1 fully saturated rings. The number of thiophene rings is 1. The first kappa shape index (κ1) is 20.0. The summed E-state index contributed by atoms with van der Waals surface area (Å²) in [6.07, 6.45) is 0. The summed E-state index contributed by atoms with van der Waals surface area (Å²) in [6, 6.07) is 17.7. The van der Waals surface area contributed by atoms with E-state index >= 15 is 0 Å². The number of hydrogen-bond acceptors (Lipinski definition) is 7. The highest BCUT2D eigenvalue weighted by molar-refractivity contribution is 7.13. The summed E-state index contributed by atoms with van der Waals surface area (Å²) < 4.78 is 11.4. The summed E-state index contributed by atoms with van der Waals surface area (Å²) >= 11 is 1.63. The average molecular weight is 459 g/mol. The molecule has 8 heteroatoms. The molecule has 166 valence electrons. The summed E-state index contributed by atoms with van der Waals surface area (Å²) in [5, 5.41) is 3.06. The van der Waals surface area contributed by atoms with E-state index in [2.05, 4.69) is 11.0 Å². The summed E-state index contributed by atoms with van der Waals surface area (Å²) in [7, 11) is 0. The van der Waals surface area contributed by atoms with Crippen LogP contribution in [-0.2, 0) is 0 Å². The number of amides is 1. The molecule has 4 heterocycles. The minimum Gasteiger partial charge on any atom is -0.486 e. The summed E-state index contributed by atoms with van der Waals surface area (Å²) in [5.74, 6) is 2.83. The Labute approximate surface area is 195 Å². The standard InChI is InChI=1S/C25H22N4O3S/c30-25(18-6-3-8-20-22(18)32-15-14-31-20)29-12-10-28(11-13-29)24-17-5-1-2-7-19(17)26-23(27-24)21-9-4-16-33-21/h1-9,16H,10-15H2. The third kappa shape index (κ3) is 3.66. The lowest BCUT2D eigenvalue weighted by molar-refractivity contribution is 0.0736. The van der Waals surface area contributed by atoms with Gasteiger partial charge in [-0.25, -0.2) is 9.97 Å². The molecule has 0 spiro atoms. The Morgan fingerprint density at radius 2 is 1.73 bits per heavy atom. The molecule has 7 nitrogen and oxygen atoms in total. The zero-order chi connectivity index (χ0) is 22.2. The highest BCUT2D eigenvalue weighted by Gasteiger charge is 2.28. The van der Waals surface area contributed by atoms with Crippen LogP contribution < -0.4 is 14.4 Å². The number of carbonyl (C=O) groups excluding carboxylic acids is 1. The molecule has 33 heavy (non-hydrogen) atoms. The monoisotopic (exact) mass is 458 g/mol. The van der Waals surface area contributed by atoms with Gasteiger partial charge in [0.25, 0.3) is 5.91 Å². The van der Waals surface area contributed by atoms with Crippen molar-refractivity contribution < 1.29 is 14.3 Å². The van der Waals surface area contributed by atoms with Gasteiger partial charge in [0.1, 0.15) is 19.0 Å². The number of benzene rings is 2. The molecule has 0 aliphatic carbocycles. The number of para-hydroxylation sites is 2. The number of fused-ring (bicyclic) bond motifs is 2. The van der Waals surface area contributed by atoms with Crippen molar-refractivity contribution in [3.8, 4) is 22.2 Å². The number of nitrogens with zero attached hydrogens (tertiary/aromatic N) is 4. The SMILES string of the molecule is O=C(c1cccc2c1OCCO2)N1CCN(c2nc(-c3cccs3)nc3ccccc23)CC1. The van der Waals surface area contributed by atoms with Crippen LogP contribution in [0.1, 0.15) is 10.4 Å². The van der Waals surface area contributed by atoms with Gasteiger partial charge in [0.05, 0.1) is 16.0 Å². The van der Waals surface area contributed by atoms with E-state index in [0.29, 0.717) is 56.5 Å². The maximum absolute atomic E-state index is 13.3. The second-order valence-corrected chi connectivity index (χ2v) is 8.92.